The van der Waals surface area contributed by atoms with Crippen molar-refractivity contribution in [3.8, 4) is 0 Å². The van der Waals surface area contributed by atoms with Crippen LogP contribution < -0.4 is 0 Å². The second-order valence-corrected chi connectivity index (χ2v) is 19.3. The number of hydrogen-bond donors (Lipinski definition) is 3. The lowest BCUT2D eigenvalue weighted by molar-refractivity contribution is -0.265. The van der Waals surface area contributed by atoms with Crippen LogP contribution in [0, 0.1) is 35.5 Å². The molecule has 0 aromatic heterocycles. The maximum atomic E-state index is 14.3. The quantitative estimate of drug-likeness (QED) is 0.154. The summed E-state index contributed by atoms with van der Waals surface area (Å²) < 4.78 is 23.8. The molecule has 2 saturated heterocycles. The minimum absolute atomic E-state index is 0.0725. The minimum atomic E-state index is -2.42. The molecule has 14 atom stereocenters. The first-order valence-electron chi connectivity index (χ1n) is 23.4. The van der Waals surface area contributed by atoms with Crippen LogP contribution in [-0.4, -0.2) is 119 Å². The van der Waals surface area contributed by atoms with E-state index in [1.54, 1.807) is 41.1 Å². The second kappa shape index (κ2) is 24.3. The van der Waals surface area contributed by atoms with Crippen molar-refractivity contribution >= 4 is 29.2 Å². The molecule has 354 valence electrons. The number of carbonyl (C=O) groups is 5. The van der Waals surface area contributed by atoms with Crippen molar-refractivity contribution in [3.05, 3.63) is 47.6 Å². The topological polar surface area (TPSA) is 186 Å². The van der Waals surface area contributed by atoms with Crippen LogP contribution in [0.1, 0.15) is 132 Å². The summed E-state index contributed by atoms with van der Waals surface area (Å²) in [6.45, 7) is 12.9. The molecule has 63 heavy (non-hydrogen) atoms. The zero-order valence-electron chi connectivity index (χ0n) is 39.3. The fourth-order valence-corrected chi connectivity index (χ4v) is 9.78. The van der Waals surface area contributed by atoms with Crippen molar-refractivity contribution in [1.82, 2.24) is 4.90 Å². The zero-order valence-corrected chi connectivity index (χ0v) is 39.3. The van der Waals surface area contributed by atoms with Crippen LogP contribution in [0.2, 0.25) is 0 Å². The Bertz CT molecular complexity index is 1700. The normalized spacial score (nSPS) is 40.1. The van der Waals surface area contributed by atoms with Gasteiger partial charge in [-0.2, -0.15) is 0 Å². The maximum Gasteiger partial charge on any atom is 0.329 e. The molecular weight excluding hydrogens is 807 g/mol. The van der Waals surface area contributed by atoms with Gasteiger partial charge in [0.1, 0.15) is 23.7 Å². The van der Waals surface area contributed by atoms with Gasteiger partial charge in [-0.05, 0) is 107 Å². The number of aliphatic hydroxyl groups excluding tert-OH is 2. The Morgan fingerprint density at radius 1 is 0.841 bits per heavy atom. The molecule has 3 fully saturated rings. The van der Waals surface area contributed by atoms with E-state index in [0.717, 1.165) is 12.0 Å². The average molecular weight is 884 g/mol. The Morgan fingerprint density at radius 2 is 1.57 bits per heavy atom. The molecule has 13 heteroatoms. The lowest BCUT2D eigenvalue weighted by Gasteiger charge is -2.42. The monoisotopic (exact) mass is 884 g/mol. The minimum Gasteiger partial charge on any atom is -0.460 e. The van der Waals surface area contributed by atoms with E-state index in [2.05, 4.69) is 0 Å². The number of esters is 1. The third kappa shape index (κ3) is 14.3. The summed E-state index contributed by atoms with van der Waals surface area (Å²) in [5.41, 5.74) is 1.39. The summed E-state index contributed by atoms with van der Waals surface area (Å²) in [5.74, 6) is -7.36. The van der Waals surface area contributed by atoms with Crippen LogP contribution in [0.4, 0.5) is 0 Å². The Hall–Kier alpha value is -3.33. The van der Waals surface area contributed by atoms with Gasteiger partial charge >= 0.3 is 5.97 Å². The molecule has 13 nitrogen and oxygen atoms in total. The fourth-order valence-electron chi connectivity index (χ4n) is 9.78. The molecule has 3 N–H and O–H groups in total. The summed E-state index contributed by atoms with van der Waals surface area (Å²) in [4.78, 5) is 71.1. The van der Waals surface area contributed by atoms with E-state index in [4.69, 9.17) is 18.9 Å². The van der Waals surface area contributed by atoms with Gasteiger partial charge in [-0.15, -0.1) is 0 Å². The molecule has 0 radical (unpaired) electrons. The van der Waals surface area contributed by atoms with Crippen molar-refractivity contribution in [1.29, 1.82) is 0 Å². The highest BCUT2D eigenvalue weighted by molar-refractivity contribution is 6.39. The largest absolute Gasteiger partial charge is 0.460 e. The number of ether oxygens (including phenoxy) is 4. The SMILES string of the molecule is COC1CC2CCC(C)C(O)(O2)C(=O)C(=O)N2CCCCC2C(=O)OC(C(C)CC2CCC(O)C(OC)C2)CC(=O)C(C)/C=C(\C)C(O)CC(=O)C(C)CC(C)\C=C/C=C/C=C/1C. The van der Waals surface area contributed by atoms with Crippen LogP contribution in [0.15, 0.2) is 47.6 Å². The van der Waals surface area contributed by atoms with Crippen molar-refractivity contribution in [2.45, 2.75) is 180 Å². The third-order valence-electron chi connectivity index (χ3n) is 14.2. The third-order valence-corrected chi connectivity index (χ3v) is 14.2. The van der Waals surface area contributed by atoms with Gasteiger partial charge in [0.2, 0.25) is 5.79 Å². The fraction of sp³-hybridized carbons (Fsp3) is 0.740. The molecule has 0 aromatic carbocycles. The van der Waals surface area contributed by atoms with Crippen LogP contribution in [0.5, 0.6) is 0 Å². The predicted octanol–water partition coefficient (Wildman–Crippen LogP) is 6.56. The highest BCUT2D eigenvalue weighted by Crippen LogP contribution is 2.37. The number of methoxy groups -OCH3 is 2. The van der Waals surface area contributed by atoms with Gasteiger partial charge < -0.3 is 39.2 Å². The zero-order chi connectivity index (χ0) is 46.6. The van der Waals surface area contributed by atoms with Gasteiger partial charge in [0.25, 0.3) is 11.7 Å². The number of cyclic esters (lactones) is 1. The van der Waals surface area contributed by atoms with Gasteiger partial charge in [0.15, 0.2) is 0 Å². The van der Waals surface area contributed by atoms with Gasteiger partial charge in [0.05, 0.1) is 30.5 Å². The van der Waals surface area contributed by atoms with Crippen LogP contribution in [0.3, 0.4) is 0 Å². The molecule has 1 amide bonds. The number of fused-ring (bicyclic) bond motifs is 3. The van der Waals surface area contributed by atoms with Crippen molar-refractivity contribution in [2.24, 2.45) is 35.5 Å². The number of piperidine rings is 1. The lowest BCUT2D eigenvalue weighted by atomic mass is 9.78. The summed E-state index contributed by atoms with van der Waals surface area (Å²) >= 11 is 0. The van der Waals surface area contributed by atoms with Gasteiger partial charge in [0, 0.05) is 57.8 Å². The number of aliphatic hydroxyl groups is 3. The Morgan fingerprint density at radius 3 is 2.27 bits per heavy atom. The number of allylic oxidation sites excluding steroid dienone is 6. The van der Waals surface area contributed by atoms with Gasteiger partial charge in [-0.25, -0.2) is 4.79 Å². The van der Waals surface area contributed by atoms with E-state index in [9.17, 15) is 39.3 Å². The maximum absolute atomic E-state index is 14.3. The first kappa shape index (κ1) is 52.3. The molecule has 4 aliphatic rings. The van der Waals surface area contributed by atoms with E-state index < -0.39 is 71.8 Å². The molecule has 3 heterocycles. The summed E-state index contributed by atoms with van der Waals surface area (Å²) in [5, 5.41) is 33.5. The average Bonchev–Trinajstić information content (AvgIpc) is 3.25. The second-order valence-electron chi connectivity index (χ2n) is 19.3. The number of ketones is 3. The van der Waals surface area contributed by atoms with E-state index in [1.807, 2.05) is 58.1 Å². The summed E-state index contributed by atoms with van der Waals surface area (Å²) in [6.07, 6.45) is 13.0. The first-order chi connectivity index (χ1) is 29.8. The summed E-state index contributed by atoms with van der Waals surface area (Å²) in [7, 11) is 3.15. The molecule has 4 rings (SSSR count). The number of amides is 1. The van der Waals surface area contributed by atoms with Crippen molar-refractivity contribution < 1.29 is 58.2 Å². The molecule has 0 aromatic rings. The van der Waals surface area contributed by atoms with E-state index >= 15 is 0 Å². The van der Waals surface area contributed by atoms with Crippen molar-refractivity contribution in [2.75, 3.05) is 20.8 Å². The highest BCUT2D eigenvalue weighted by Gasteiger charge is 2.53. The summed E-state index contributed by atoms with van der Waals surface area (Å²) in [6, 6.07) is -1.12. The van der Waals surface area contributed by atoms with Gasteiger partial charge in [-0.1, -0.05) is 71.1 Å². The number of rotatable bonds is 5. The Balaban J connectivity index is 1.67. The molecule has 2 bridgehead atoms. The molecule has 1 aliphatic carbocycles. The lowest BCUT2D eigenvalue weighted by Crippen LogP contribution is -2.61. The molecular formula is C50H77NO12. The van der Waals surface area contributed by atoms with Gasteiger partial charge in [-0.3, -0.25) is 19.2 Å². The van der Waals surface area contributed by atoms with Crippen LogP contribution in [0.25, 0.3) is 0 Å². The Kier molecular flexibility index (Phi) is 20.1. The molecule has 14 unspecified atom stereocenters. The predicted molar refractivity (Wildman–Crippen MR) is 239 cm³/mol. The first-order valence-corrected chi connectivity index (χ1v) is 23.4. The standard InChI is InChI=1S/C50H77NO12/c1-30-15-11-10-12-16-31(2)44(60-8)27-38-20-18-36(7)50(59,63-38)47(56)48(57)51-22-14-13-17-39(51)49(58)62-45(35(6)25-37-19-21-40(52)46(26-37)61-9)29-43(55)34(5)24-33(4)42(54)28-41(53)32(3)23-30/h10-12,15-16,24,30,32,34-40,42,44-46,52,54,59H,13-14,17-23,25-29H2,1-9H3/b12-10+,15-11-,31-16+,33-24+. The van der Waals surface area contributed by atoms with E-state index in [1.165, 1.54) is 4.90 Å². The molecule has 1 saturated carbocycles. The number of carbonyl (C=O) groups excluding carboxylic acids is 5. The highest BCUT2D eigenvalue weighted by atomic mass is 16.6. The van der Waals surface area contributed by atoms with E-state index in [0.29, 0.717) is 63.4 Å². The Labute approximate surface area is 375 Å². The van der Waals surface area contributed by atoms with Crippen molar-refractivity contribution in [3.63, 3.8) is 0 Å². The molecule has 3 aliphatic heterocycles. The number of nitrogens with zero attached hydrogens (tertiary/aromatic N) is 1. The molecule has 0 spiro atoms. The van der Waals surface area contributed by atoms with Crippen LogP contribution in [-0.2, 0) is 42.9 Å². The smallest absolute Gasteiger partial charge is 0.329 e. The van der Waals surface area contributed by atoms with Crippen LogP contribution >= 0.6 is 0 Å². The number of hydrogen-bond acceptors (Lipinski definition) is 12. The van der Waals surface area contributed by atoms with E-state index in [-0.39, 0.29) is 67.1 Å². The number of Topliss-reactive ketones (excluding diaryl/α,β-unsaturated/α-hetero) is 3.